The first-order chi connectivity index (χ1) is 8.17. The Labute approximate surface area is 99.5 Å². The van der Waals surface area contributed by atoms with Crippen LogP contribution < -0.4 is 4.74 Å². The second-order valence-electron chi connectivity index (χ2n) is 3.84. The van der Waals surface area contributed by atoms with E-state index in [2.05, 4.69) is 4.74 Å². The maximum atomic E-state index is 11.6. The van der Waals surface area contributed by atoms with Crippen LogP contribution in [0.3, 0.4) is 0 Å². The van der Waals surface area contributed by atoms with Crippen molar-refractivity contribution in [2.75, 3.05) is 14.2 Å². The van der Waals surface area contributed by atoms with Crippen molar-refractivity contribution in [2.24, 2.45) is 0 Å². The zero-order valence-electron chi connectivity index (χ0n) is 9.82. The van der Waals surface area contributed by atoms with Gasteiger partial charge in [-0.2, -0.15) is 0 Å². The SMILES string of the molecule is COC(=O)C1=C(O)CCc2cc(OC)ccc21. The van der Waals surface area contributed by atoms with E-state index in [0.29, 0.717) is 12.8 Å². The molecule has 4 nitrogen and oxygen atoms in total. The van der Waals surface area contributed by atoms with E-state index >= 15 is 0 Å². The molecular weight excluding hydrogens is 220 g/mol. The molecule has 0 unspecified atom stereocenters. The molecule has 1 aromatic carbocycles. The number of aryl methyl sites for hydroxylation is 1. The summed E-state index contributed by atoms with van der Waals surface area (Å²) in [5.41, 5.74) is 1.97. The van der Waals surface area contributed by atoms with Crippen molar-refractivity contribution in [3.05, 3.63) is 35.1 Å². The molecule has 1 aliphatic rings. The van der Waals surface area contributed by atoms with E-state index in [1.54, 1.807) is 19.2 Å². The summed E-state index contributed by atoms with van der Waals surface area (Å²) in [6.07, 6.45) is 1.14. The van der Waals surface area contributed by atoms with Crippen LogP contribution in [0.25, 0.3) is 5.57 Å². The summed E-state index contributed by atoms with van der Waals surface area (Å²) in [4.78, 5) is 11.6. The fourth-order valence-corrected chi connectivity index (χ4v) is 2.01. The van der Waals surface area contributed by atoms with Crippen LogP contribution in [0.2, 0.25) is 0 Å². The zero-order valence-corrected chi connectivity index (χ0v) is 9.82. The first-order valence-corrected chi connectivity index (χ1v) is 5.35. The van der Waals surface area contributed by atoms with Gasteiger partial charge >= 0.3 is 5.97 Å². The smallest absolute Gasteiger partial charge is 0.341 e. The van der Waals surface area contributed by atoms with Crippen LogP contribution in [0.5, 0.6) is 5.75 Å². The van der Waals surface area contributed by atoms with Gasteiger partial charge in [0, 0.05) is 6.42 Å². The molecule has 0 saturated carbocycles. The first kappa shape index (κ1) is 11.5. The molecule has 0 saturated heterocycles. The number of allylic oxidation sites excluding steroid dienone is 1. The number of aliphatic hydroxyl groups excluding tert-OH is 1. The molecule has 1 aliphatic carbocycles. The van der Waals surface area contributed by atoms with Crippen LogP contribution in [0.1, 0.15) is 17.5 Å². The minimum atomic E-state index is -0.506. The summed E-state index contributed by atoms with van der Waals surface area (Å²) >= 11 is 0. The van der Waals surface area contributed by atoms with Crippen molar-refractivity contribution in [1.82, 2.24) is 0 Å². The van der Waals surface area contributed by atoms with Gasteiger partial charge in [0.15, 0.2) is 0 Å². The minimum absolute atomic E-state index is 0.0921. The molecule has 0 fully saturated rings. The van der Waals surface area contributed by atoms with Gasteiger partial charge in [-0.05, 0) is 29.7 Å². The predicted molar refractivity (Wildman–Crippen MR) is 62.9 cm³/mol. The van der Waals surface area contributed by atoms with E-state index in [1.165, 1.54) is 7.11 Å². The molecule has 2 rings (SSSR count). The van der Waals surface area contributed by atoms with Crippen LogP contribution in [0, 0.1) is 0 Å². The number of esters is 1. The Bertz CT molecular complexity index is 488. The Morgan fingerprint density at radius 2 is 2.06 bits per heavy atom. The molecule has 1 N–H and O–H groups in total. The van der Waals surface area contributed by atoms with Gasteiger partial charge in [-0.15, -0.1) is 0 Å². The van der Waals surface area contributed by atoms with Gasteiger partial charge in [0.1, 0.15) is 17.1 Å². The Balaban J connectivity index is 2.52. The Morgan fingerprint density at radius 3 is 2.71 bits per heavy atom. The second kappa shape index (κ2) is 4.49. The molecular formula is C13H14O4. The highest BCUT2D eigenvalue weighted by Crippen LogP contribution is 2.33. The molecule has 0 aliphatic heterocycles. The van der Waals surface area contributed by atoms with Crippen molar-refractivity contribution >= 4 is 11.5 Å². The lowest BCUT2D eigenvalue weighted by Gasteiger charge is -2.19. The maximum absolute atomic E-state index is 11.6. The predicted octanol–water partition coefficient (Wildman–Crippen LogP) is 2.08. The quantitative estimate of drug-likeness (QED) is 0.796. The van der Waals surface area contributed by atoms with E-state index < -0.39 is 5.97 Å². The molecule has 0 aromatic heterocycles. The topological polar surface area (TPSA) is 55.8 Å². The lowest BCUT2D eigenvalue weighted by atomic mass is 9.89. The Morgan fingerprint density at radius 1 is 1.29 bits per heavy atom. The van der Waals surface area contributed by atoms with Gasteiger partial charge in [-0.25, -0.2) is 4.79 Å². The number of aliphatic hydroxyl groups is 1. The fraction of sp³-hybridized carbons (Fsp3) is 0.308. The standard InChI is InChI=1S/C13H14O4/c1-16-9-4-5-10-8(7-9)3-6-11(14)12(10)13(15)17-2/h4-5,7,14H,3,6H2,1-2H3. The first-order valence-electron chi connectivity index (χ1n) is 5.35. The average Bonchev–Trinajstić information content (AvgIpc) is 2.37. The second-order valence-corrected chi connectivity index (χ2v) is 3.84. The third-order valence-electron chi connectivity index (χ3n) is 2.89. The van der Waals surface area contributed by atoms with Gasteiger partial charge in [0.25, 0.3) is 0 Å². The average molecular weight is 234 g/mol. The number of benzene rings is 1. The number of rotatable bonds is 2. The molecule has 0 heterocycles. The lowest BCUT2D eigenvalue weighted by molar-refractivity contribution is -0.133. The van der Waals surface area contributed by atoms with Crippen molar-refractivity contribution in [3.8, 4) is 5.75 Å². The minimum Gasteiger partial charge on any atom is -0.511 e. The fourth-order valence-electron chi connectivity index (χ4n) is 2.01. The Kier molecular flexibility index (Phi) is 3.04. The van der Waals surface area contributed by atoms with Gasteiger partial charge < -0.3 is 14.6 Å². The number of fused-ring (bicyclic) bond motifs is 1. The summed E-state index contributed by atoms with van der Waals surface area (Å²) in [6, 6.07) is 5.42. The Hall–Kier alpha value is -1.97. The van der Waals surface area contributed by atoms with Crippen molar-refractivity contribution < 1.29 is 19.4 Å². The van der Waals surface area contributed by atoms with Crippen LogP contribution in [-0.4, -0.2) is 25.3 Å². The zero-order chi connectivity index (χ0) is 12.4. The lowest BCUT2D eigenvalue weighted by Crippen LogP contribution is -2.13. The molecule has 4 heteroatoms. The van der Waals surface area contributed by atoms with Gasteiger partial charge in [0.2, 0.25) is 0 Å². The van der Waals surface area contributed by atoms with Gasteiger partial charge in [-0.3, -0.25) is 0 Å². The summed E-state index contributed by atoms with van der Waals surface area (Å²) in [5.74, 6) is 0.331. The normalized spacial score (nSPS) is 14.2. The maximum Gasteiger partial charge on any atom is 0.341 e. The van der Waals surface area contributed by atoms with Crippen molar-refractivity contribution in [3.63, 3.8) is 0 Å². The highest BCUT2D eigenvalue weighted by Gasteiger charge is 2.25. The molecule has 0 radical (unpaired) electrons. The van der Waals surface area contributed by atoms with E-state index in [0.717, 1.165) is 16.9 Å². The number of carbonyl (C=O) groups excluding carboxylic acids is 1. The highest BCUT2D eigenvalue weighted by atomic mass is 16.5. The van der Waals surface area contributed by atoms with Gasteiger partial charge in [0.05, 0.1) is 14.2 Å². The molecule has 0 spiro atoms. The highest BCUT2D eigenvalue weighted by molar-refractivity contribution is 6.17. The van der Waals surface area contributed by atoms with Crippen LogP contribution in [0.15, 0.2) is 24.0 Å². The number of hydrogen-bond donors (Lipinski definition) is 1. The molecule has 1 aromatic rings. The molecule has 0 amide bonds. The van der Waals surface area contributed by atoms with Crippen LogP contribution in [-0.2, 0) is 16.0 Å². The number of methoxy groups -OCH3 is 2. The number of ether oxygens (including phenoxy) is 2. The molecule has 0 bridgehead atoms. The summed E-state index contributed by atoms with van der Waals surface area (Å²) in [6.45, 7) is 0. The molecule has 0 atom stereocenters. The largest absolute Gasteiger partial charge is 0.511 e. The van der Waals surface area contributed by atoms with E-state index in [9.17, 15) is 9.90 Å². The monoisotopic (exact) mass is 234 g/mol. The summed E-state index contributed by atoms with van der Waals surface area (Å²) < 4.78 is 9.82. The summed E-state index contributed by atoms with van der Waals surface area (Å²) in [7, 11) is 2.90. The summed E-state index contributed by atoms with van der Waals surface area (Å²) in [5, 5.41) is 9.79. The van der Waals surface area contributed by atoms with E-state index in [-0.39, 0.29) is 11.3 Å². The number of hydrogen-bond acceptors (Lipinski definition) is 4. The molecule has 90 valence electrons. The third kappa shape index (κ3) is 1.98. The van der Waals surface area contributed by atoms with Crippen molar-refractivity contribution in [2.45, 2.75) is 12.8 Å². The van der Waals surface area contributed by atoms with E-state index in [4.69, 9.17) is 4.74 Å². The molecule has 17 heavy (non-hydrogen) atoms. The van der Waals surface area contributed by atoms with Crippen molar-refractivity contribution in [1.29, 1.82) is 0 Å². The third-order valence-corrected chi connectivity index (χ3v) is 2.89. The van der Waals surface area contributed by atoms with Crippen LogP contribution in [0.4, 0.5) is 0 Å². The van der Waals surface area contributed by atoms with Crippen LogP contribution >= 0.6 is 0 Å². The van der Waals surface area contributed by atoms with Gasteiger partial charge in [-0.1, -0.05) is 6.07 Å². The number of carbonyl (C=O) groups is 1. The van der Waals surface area contributed by atoms with E-state index in [1.807, 2.05) is 6.07 Å².